The van der Waals surface area contributed by atoms with Gasteiger partial charge in [0.1, 0.15) is 5.54 Å². The molecule has 2 unspecified atom stereocenters. The highest BCUT2D eigenvalue weighted by Crippen LogP contribution is 2.23. The summed E-state index contributed by atoms with van der Waals surface area (Å²) in [6.07, 6.45) is 0.529. The first-order valence-corrected chi connectivity index (χ1v) is 5.57. The summed E-state index contributed by atoms with van der Waals surface area (Å²) in [4.78, 5) is 25.3. The highest BCUT2D eigenvalue weighted by Gasteiger charge is 2.44. The molecule has 1 saturated heterocycles. The second-order valence-corrected chi connectivity index (χ2v) is 4.36. The van der Waals surface area contributed by atoms with Crippen molar-refractivity contribution < 1.29 is 14.3 Å². The Labute approximate surface area is 96.1 Å². The van der Waals surface area contributed by atoms with E-state index in [4.69, 9.17) is 4.74 Å². The van der Waals surface area contributed by atoms with Gasteiger partial charge < -0.3 is 15.0 Å². The lowest BCUT2D eigenvalue weighted by Gasteiger charge is -2.43. The van der Waals surface area contributed by atoms with Crippen LogP contribution in [-0.4, -0.2) is 48.6 Å². The zero-order valence-corrected chi connectivity index (χ0v) is 10.4. The van der Waals surface area contributed by atoms with Crippen LogP contribution in [0.25, 0.3) is 0 Å². The van der Waals surface area contributed by atoms with Crippen LogP contribution in [0.2, 0.25) is 0 Å². The first-order chi connectivity index (χ1) is 7.45. The predicted molar refractivity (Wildman–Crippen MR) is 59.9 cm³/mol. The van der Waals surface area contributed by atoms with Crippen molar-refractivity contribution in [2.24, 2.45) is 0 Å². The minimum absolute atomic E-state index is 0.0483. The number of carbonyl (C=O) groups is 2. The second kappa shape index (κ2) is 4.82. The highest BCUT2D eigenvalue weighted by molar-refractivity contribution is 5.97. The van der Waals surface area contributed by atoms with Gasteiger partial charge in [-0.05, 0) is 20.3 Å². The van der Waals surface area contributed by atoms with Crippen LogP contribution in [-0.2, 0) is 14.3 Å². The molecule has 0 aromatic carbocycles. The summed E-state index contributed by atoms with van der Waals surface area (Å²) < 4.78 is 5.15. The Morgan fingerprint density at radius 1 is 1.56 bits per heavy atom. The van der Waals surface area contributed by atoms with E-state index in [-0.39, 0.29) is 24.5 Å². The van der Waals surface area contributed by atoms with Gasteiger partial charge in [-0.1, -0.05) is 6.92 Å². The van der Waals surface area contributed by atoms with Gasteiger partial charge in [-0.3, -0.25) is 9.59 Å². The van der Waals surface area contributed by atoms with Gasteiger partial charge in [-0.25, -0.2) is 0 Å². The van der Waals surface area contributed by atoms with Crippen molar-refractivity contribution in [3.63, 3.8) is 0 Å². The fraction of sp³-hybridized carbons (Fsp3) is 0.818. The Kier molecular flexibility index (Phi) is 3.91. The fourth-order valence-electron chi connectivity index (χ4n) is 1.83. The standard InChI is InChI=1S/C11H20N2O3/c1-5-11(3)10(15)12-6-9(14)13(11)7-8(2)16-4/h8H,5-7H2,1-4H3,(H,12,15). The van der Waals surface area contributed by atoms with Gasteiger partial charge in [0.2, 0.25) is 11.8 Å². The summed E-state index contributed by atoms with van der Waals surface area (Å²) in [6.45, 7) is 6.12. The molecule has 1 rings (SSSR count). The zero-order valence-electron chi connectivity index (χ0n) is 10.4. The van der Waals surface area contributed by atoms with Gasteiger partial charge in [0, 0.05) is 13.7 Å². The van der Waals surface area contributed by atoms with Crippen LogP contribution in [0.15, 0.2) is 0 Å². The third-order valence-electron chi connectivity index (χ3n) is 3.32. The van der Waals surface area contributed by atoms with Crippen molar-refractivity contribution in [3.8, 4) is 0 Å². The van der Waals surface area contributed by atoms with Gasteiger partial charge in [0.05, 0.1) is 12.6 Å². The minimum atomic E-state index is -0.748. The monoisotopic (exact) mass is 228 g/mol. The molecule has 0 radical (unpaired) electrons. The molecule has 1 aliphatic rings. The summed E-state index contributed by atoms with van der Waals surface area (Å²) in [5, 5.41) is 2.62. The molecule has 2 amide bonds. The molecular weight excluding hydrogens is 208 g/mol. The van der Waals surface area contributed by atoms with E-state index in [2.05, 4.69) is 5.32 Å². The molecule has 0 saturated carbocycles. The molecule has 0 aliphatic carbocycles. The van der Waals surface area contributed by atoms with Crippen LogP contribution >= 0.6 is 0 Å². The SMILES string of the molecule is CCC1(C)C(=O)NCC(=O)N1CC(C)OC. The van der Waals surface area contributed by atoms with Gasteiger partial charge in [0.25, 0.3) is 0 Å². The summed E-state index contributed by atoms with van der Waals surface area (Å²) >= 11 is 0. The number of nitrogens with zero attached hydrogens (tertiary/aromatic N) is 1. The maximum atomic E-state index is 11.8. The van der Waals surface area contributed by atoms with E-state index < -0.39 is 5.54 Å². The van der Waals surface area contributed by atoms with E-state index >= 15 is 0 Å². The lowest BCUT2D eigenvalue weighted by atomic mass is 9.92. The first-order valence-electron chi connectivity index (χ1n) is 5.57. The maximum absolute atomic E-state index is 11.8. The molecule has 1 N–H and O–H groups in total. The molecule has 0 spiro atoms. The molecule has 2 atom stereocenters. The summed E-state index contributed by atoms with van der Waals surface area (Å²) in [7, 11) is 1.60. The van der Waals surface area contributed by atoms with E-state index in [1.165, 1.54) is 0 Å². The Morgan fingerprint density at radius 3 is 2.69 bits per heavy atom. The Morgan fingerprint density at radius 2 is 2.19 bits per heavy atom. The highest BCUT2D eigenvalue weighted by atomic mass is 16.5. The van der Waals surface area contributed by atoms with Crippen molar-refractivity contribution in [1.82, 2.24) is 10.2 Å². The molecule has 16 heavy (non-hydrogen) atoms. The molecule has 0 bridgehead atoms. The van der Waals surface area contributed by atoms with Crippen LogP contribution in [0, 0.1) is 0 Å². The number of nitrogens with one attached hydrogen (secondary N) is 1. The second-order valence-electron chi connectivity index (χ2n) is 4.36. The quantitative estimate of drug-likeness (QED) is 0.745. The molecule has 1 heterocycles. The van der Waals surface area contributed by atoms with Crippen LogP contribution in [0.1, 0.15) is 27.2 Å². The number of amides is 2. The molecule has 0 aromatic heterocycles. The Hall–Kier alpha value is -1.10. The molecule has 1 fully saturated rings. The van der Waals surface area contributed by atoms with Crippen molar-refractivity contribution in [2.75, 3.05) is 20.2 Å². The summed E-state index contributed by atoms with van der Waals surface area (Å²) in [6, 6.07) is 0. The number of piperazine rings is 1. The average Bonchev–Trinajstić information content (AvgIpc) is 2.29. The van der Waals surface area contributed by atoms with Crippen molar-refractivity contribution >= 4 is 11.8 Å². The van der Waals surface area contributed by atoms with Crippen molar-refractivity contribution in [1.29, 1.82) is 0 Å². The molecule has 5 nitrogen and oxygen atoms in total. The lowest BCUT2D eigenvalue weighted by molar-refractivity contribution is -0.154. The largest absolute Gasteiger partial charge is 0.380 e. The van der Waals surface area contributed by atoms with E-state index in [1.807, 2.05) is 13.8 Å². The molecule has 92 valence electrons. The summed E-state index contributed by atoms with van der Waals surface area (Å²) in [5.74, 6) is -0.134. The topological polar surface area (TPSA) is 58.6 Å². The van der Waals surface area contributed by atoms with E-state index in [9.17, 15) is 9.59 Å². The minimum Gasteiger partial charge on any atom is -0.380 e. The fourth-order valence-corrected chi connectivity index (χ4v) is 1.83. The maximum Gasteiger partial charge on any atom is 0.246 e. The average molecular weight is 228 g/mol. The zero-order chi connectivity index (χ0) is 12.3. The van der Waals surface area contributed by atoms with Crippen LogP contribution in [0.4, 0.5) is 0 Å². The molecular formula is C11H20N2O3. The third kappa shape index (κ3) is 2.19. The Bertz CT molecular complexity index is 293. The third-order valence-corrected chi connectivity index (χ3v) is 3.32. The molecule has 5 heteroatoms. The van der Waals surface area contributed by atoms with Gasteiger partial charge in [0.15, 0.2) is 0 Å². The number of rotatable bonds is 4. The normalized spacial score (nSPS) is 27.9. The van der Waals surface area contributed by atoms with Crippen LogP contribution in [0.5, 0.6) is 0 Å². The van der Waals surface area contributed by atoms with E-state index in [0.29, 0.717) is 13.0 Å². The number of methoxy groups -OCH3 is 1. The van der Waals surface area contributed by atoms with Crippen LogP contribution < -0.4 is 5.32 Å². The predicted octanol–water partition coefficient (Wildman–Crippen LogP) is 0.148. The van der Waals surface area contributed by atoms with E-state index in [0.717, 1.165) is 0 Å². The summed E-state index contributed by atoms with van der Waals surface area (Å²) in [5.41, 5.74) is -0.748. The number of hydrogen-bond acceptors (Lipinski definition) is 3. The van der Waals surface area contributed by atoms with Crippen molar-refractivity contribution in [3.05, 3.63) is 0 Å². The van der Waals surface area contributed by atoms with Gasteiger partial charge in [-0.2, -0.15) is 0 Å². The Balaban J connectivity index is 2.89. The van der Waals surface area contributed by atoms with E-state index in [1.54, 1.807) is 18.9 Å². The van der Waals surface area contributed by atoms with Crippen LogP contribution in [0.3, 0.4) is 0 Å². The first kappa shape index (κ1) is 13.0. The van der Waals surface area contributed by atoms with Gasteiger partial charge >= 0.3 is 0 Å². The number of carbonyl (C=O) groups excluding carboxylic acids is 2. The number of ether oxygens (including phenoxy) is 1. The smallest absolute Gasteiger partial charge is 0.246 e. The number of hydrogen-bond donors (Lipinski definition) is 1. The van der Waals surface area contributed by atoms with Crippen molar-refractivity contribution in [2.45, 2.75) is 38.8 Å². The molecule has 0 aromatic rings. The lowest BCUT2D eigenvalue weighted by Crippen LogP contribution is -2.66. The van der Waals surface area contributed by atoms with Gasteiger partial charge in [-0.15, -0.1) is 0 Å². The molecule has 1 aliphatic heterocycles.